The lowest BCUT2D eigenvalue weighted by Gasteiger charge is -2.14. The average molecular weight is 745 g/mol. The molecular weight excluding hydrogens is 705 g/mol. The van der Waals surface area contributed by atoms with Crippen molar-refractivity contribution in [1.29, 1.82) is 5.41 Å². The molecule has 4 nitrogen and oxygen atoms in total. The first-order valence-electron chi connectivity index (χ1n) is 20.1. The van der Waals surface area contributed by atoms with Gasteiger partial charge in [0.2, 0.25) is 0 Å². The Morgan fingerprint density at radius 3 is 1.36 bits per heavy atom. The van der Waals surface area contributed by atoms with E-state index in [4.69, 9.17) is 20.4 Å². The topological polar surface area (TPSA) is 62.5 Å². The first-order chi connectivity index (χ1) is 28.6. The van der Waals surface area contributed by atoms with E-state index in [1.807, 2.05) is 36.4 Å². The number of hydrogen-bond donors (Lipinski definition) is 1. The van der Waals surface area contributed by atoms with E-state index in [9.17, 15) is 0 Å². The molecule has 4 heteroatoms. The number of unbranched alkanes of at least 4 members (excludes halogenated alkanes) is 1. The van der Waals surface area contributed by atoms with Crippen LogP contribution in [0.4, 0.5) is 0 Å². The van der Waals surface area contributed by atoms with E-state index in [1.54, 1.807) is 0 Å². The first-order valence-corrected chi connectivity index (χ1v) is 20.1. The Morgan fingerprint density at radius 1 is 0.379 bits per heavy atom. The van der Waals surface area contributed by atoms with Crippen LogP contribution >= 0.6 is 0 Å². The van der Waals surface area contributed by atoms with Crippen molar-refractivity contribution in [3.05, 3.63) is 188 Å². The van der Waals surface area contributed by atoms with Gasteiger partial charge in [0.05, 0.1) is 0 Å². The van der Waals surface area contributed by atoms with Crippen LogP contribution in [0.15, 0.2) is 182 Å². The highest BCUT2D eigenvalue weighted by Gasteiger charge is 2.16. The summed E-state index contributed by atoms with van der Waals surface area (Å²) in [7, 11) is 0. The molecule has 0 atom stereocenters. The van der Waals surface area contributed by atoms with Crippen molar-refractivity contribution in [1.82, 2.24) is 15.0 Å². The lowest BCUT2D eigenvalue weighted by Crippen LogP contribution is -2.01. The third kappa shape index (κ3) is 6.69. The maximum Gasteiger partial charge on any atom is 0.164 e. The fraction of sp³-hybridized carbons (Fsp3) is 0.0741. The highest BCUT2D eigenvalue weighted by atomic mass is 15.0. The SMILES string of the molecule is CCCCC(=N)c1ccc(-c2cc(-c3ccccc3)cc(-c3nc(-c4ccccc4)nc(-c4ccc(-c5cc6ccc7cccc8ccc(c5)c6c78)cc4)n3)c2)cc1. The summed E-state index contributed by atoms with van der Waals surface area (Å²) in [5, 5.41) is 16.3. The standard InChI is InChI=1S/C54H40N4/c1-2-3-17-49(55)38-22-18-36(19-23-38)47-32-46(35-11-6-4-7-12-35)33-48(34-47)54-57-52(41-13-8-5-9-14-41)56-53(58-54)42-26-20-37(21-27-42)45-30-43-28-24-39-15-10-16-40-25-29-44(31-45)51(43)50(39)40/h4-16,18-34,55H,2-3,17H2,1H3. The van der Waals surface area contributed by atoms with E-state index in [0.29, 0.717) is 23.2 Å². The van der Waals surface area contributed by atoms with E-state index in [0.717, 1.165) is 69.3 Å². The molecular formula is C54H40N4. The van der Waals surface area contributed by atoms with E-state index < -0.39 is 0 Å². The summed E-state index contributed by atoms with van der Waals surface area (Å²) in [6, 6.07) is 64.2. The van der Waals surface area contributed by atoms with Gasteiger partial charge in [0, 0.05) is 22.4 Å². The van der Waals surface area contributed by atoms with Gasteiger partial charge in [0.15, 0.2) is 17.5 Å². The van der Waals surface area contributed by atoms with Gasteiger partial charge in [-0.3, -0.25) is 0 Å². The van der Waals surface area contributed by atoms with Gasteiger partial charge in [-0.2, -0.15) is 0 Å². The molecule has 0 spiro atoms. The van der Waals surface area contributed by atoms with E-state index in [2.05, 4.69) is 153 Å². The normalized spacial score (nSPS) is 11.5. The number of aromatic nitrogens is 3. The summed E-state index contributed by atoms with van der Waals surface area (Å²) in [6.07, 6.45) is 2.89. The molecule has 0 amide bonds. The number of nitrogens with one attached hydrogen (secondary N) is 1. The molecule has 0 aliphatic heterocycles. The summed E-state index contributed by atoms with van der Waals surface area (Å²) in [5.74, 6) is 1.85. The molecule has 9 aromatic carbocycles. The van der Waals surface area contributed by atoms with Gasteiger partial charge in [-0.1, -0.05) is 165 Å². The summed E-state index contributed by atoms with van der Waals surface area (Å²) >= 11 is 0. The molecule has 10 rings (SSSR count). The number of hydrogen-bond acceptors (Lipinski definition) is 4. The molecule has 0 saturated carbocycles. The predicted molar refractivity (Wildman–Crippen MR) is 243 cm³/mol. The van der Waals surface area contributed by atoms with E-state index in [1.165, 1.54) is 37.9 Å². The van der Waals surface area contributed by atoms with Crippen molar-refractivity contribution < 1.29 is 0 Å². The number of rotatable bonds is 10. The Morgan fingerprint density at radius 2 is 0.793 bits per heavy atom. The maximum atomic E-state index is 8.59. The summed E-state index contributed by atoms with van der Waals surface area (Å²) in [6.45, 7) is 2.16. The Bertz CT molecular complexity index is 3020. The molecule has 10 aromatic rings. The molecule has 0 fully saturated rings. The maximum absolute atomic E-state index is 8.59. The zero-order valence-electron chi connectivity index (χ0n) is 32.3. The molecule has 0 unspecified atom stereocenters. The van der Waals surface area contributed by atoms with Gasteiger partial charge in [0.1, 0.15) is 0 Å². The lowest BCUT2D eigenvalue weighted by molar-refractivity contribution is 0.833. The van der Waals surface area contributed by atoms with Crippen molar-refractivity contribution in [3.63, 3.8) is 0 Å². The molecule has 0 aliphatic carbocycles. The van der Waals surface area contributed by atoms with E-state index in [-0.39, 0.29) is 0 Å². The summed E-state index contributed by atoms with van der Waals surface area (Å²) < 4.78 is 0. The summed E-state index contributed by atoms with van der Waals surface area (Å²) in [5.41, 5.74) is 11.0. The predicted octanol–water partition coefficient (Wildman–Crippen LogP) is 14.3. The van der Waals surface area contributed by atoms with Crippen molar-refractivity contribution >= 4 is 38.0 Å². The third-order valence-electron chi connectivity index (χ3n) is 11.3. The number of nitrogens with zero attached hydrogens (tertiary/aromatic N) is 3. The largest absolute Gasteiger partial charge is 0.305 e. The minimum absolute atomic E-state index is 0.608. The highest BCUT2D eigenvalue weighted by Crippen LogP contribution is 2.38. The molecule has 0 saturated heterocycles. The van der Waals surface area contributed by atoms with Crippen molar-refractivity contribution in [3.8, 4) is 67.5 Å². The quantitative estimate of drug-likeness (QED) is 0.112. The molecule has 276 valence electrons. The third-order valence-corrected chi connectivity index (χ3v) is 11.3. The second-order valence-electron chi connectivity index (χ2n) is 15.1. The summed E-state index contributed by atoms with van der Waals surface area (Å²) in [4.78, 5) is 15.4. The Labute approximate surface area is 338 Å². The second-order valence-corrected chi connectivity index (χ2v) is 15.1. The van der Waals surface area contributed by atoms with Crippen LogP contribution in [0.25, 0.3) is 99.9 Å². The van der Waals surface area contributed by atoms with Crippen LogP contribution in [0.2, 0.25) is 0 Å². The second kappa shape index (κ2) is 15.0. The fourth-order valence-electron chi connectivity index (χ4n) is 8.16. The Kier molecular flexibility index (Phi) is 9.08. The van der Waals surface area contributed by atoms with Crippen LogP contribution in [-0.2, 0) is 0 Å². The van der Waals surface area contributed by atoms with Gasteiger partial charge in [0.25, 0.3) is 0 Å². The van der Waals surface area contributed by atoms with Gasteiger partial charge in [-0.05, 0) is 114 Å². The van der Waals surface area contributed by atoms with Crippen LogP contribution in [0, 0.1) is 5.41 Å². The van der Waals surface area contributed by atoms with Crippen molar-refractivity contribution in [2.75, 3.05) is 0 Å². The van der Waals surface area contributed by atoms with E-state index >= 15 is 0 Å². The van der Waals surface area contributed by atoms with Crippen molar-refractivity contribution in [2.45, 2.75) is 26.2 Å². The average Bonchev–Trinajstić information content (AvgIpc) is 3.30. The van der Waals surface area contributed by atoms with Crippen LogP contribution in [0.1, 0.15) is 31.7 Å². The highest BCUT2D eigenvalue weighted by molar-refractivity contribution is 6.23. The minimum Gasteiger partial charge on any atom is -0.305 e. The van der Waals surface area contributed by atoms with Gasteiger partial charge < -0.3 is 5.41 Å². The van der Waals surface area contributed by atoms with Crippen molar-refractivity contribution in [2.24, 2.45) is 0 Å². The fourth-order valence-corrected chi connectivity index (χ4v) is 8.16. The van der Waals surface area contributed by atoms with Crippen LogP contribution < -0.4 is 0 Å². The first kappa shape index (κ1) is 35.1. The molecule has 0 bridgehead atoms. The monoisotopic (exact) mass is 744 g/mol. The lowest BCUT2D eigenvalue weighted by atomic mass is 9.91. The van der Waals surface area contributed by atoms with Gasteiger partial charge >= 0.3 is 0 Å². The minimum atomic E-state index is 0.608. The Balaban J connectivity index is 1.06. The zero-order chi connectivity index (χ0) is 39.0. The molecule has 1 aromatic heterocycles. The van der Waals surface area contributed by atoms with Crippen LogP contribution in [0.3, 0.4) is 0 Å². The molecule has 1 heterocycles. The molecule has 0 radical (unpaired) electrons. The zero-order valence-corrected chi connectivity index (χ0v) is 32.3. The Hall–Kier alpha value is -7.30. The molecule has 0 aliphatic rings. The van der Waals surface area contributed by atoms with Crippen LogP contribution in [0.5, 0.6) is 0 Å². The van der Waals surface area contributed by atoms with Gasteiger partial charge in [-0.15, -0.1) is 0 Å². The molecule has 58 heavy (non-hydrogen) atoms. The smallest absolute Gasteiger partial charge is 0.164 e. The number of benzene rings is 9. The van der Waals surface area contributed by atoms with Crippen LogP contribution in [-0.4, -0.2) is 20.7 Å². The molecule has 1 N–H and O–H groups in total. The van der Waals surface area contributed by atoms with Gasteiger partial charge in [-0.25, -0.2) is 15.0 Å².